The van der Waals surface area contributed by atoms with Gasteiger partial charge in [0.05, 0.1) is 4.88 Å². The molecule has 0 saturated carbocycles. The molecule has 0 spiro atoms. The SMILES string of the molecule is CCCCCCc1ccc(-c2ncnc(-c3cc(C(F)(F)F)n[nH]3)n2)s1. The Kier molecular flexibility index (Phi) is 5.65. The van der Waals surface area contributed by atoms with Crippen LogP contribution in [0.5, 0.6) is 0 Å². The van der Waals surface area contributed by atoms with Crippen LogP contribution in [0.15, 0.2) is 24.5 Å². The molecule has 3 rings (SSSR count). The molecule has 5 nitrogen and oxygen atoms in total. The summed E-state index contributed by atoms with van der Waals surface area (Å²) in [5.41, 5.74) is -0.891. The monoisotopic (exact) mass is 381 g/mol. The molecule has 0 bridgehead atoms. The predicted octanol–water partition coefficient (Wildman–Crippen LogP) is 5.13. The second-order valence-corrected chi connectivity index (χ2v) is 7.04. The molecule has 1 N–H and O–H groups in total. The normalized spacial score (nSPS) is 11.8. The van der Waals surface area contributed by atoms with Crippen LogP contribution in [0.1, 0.15) is 43.2 Å². The third-order valence-corrected chi connectivity index (χ3v) is 4.98. The average molecular weight is 381 g/mol. The van der Waals surface area contributed by atoms with Crippen LogP contribution >= 0.6 is 11.3 Å². The van der Waals surface area contributed by atoms with Gasteiger partial charge in [-0.1, -0.05) is 26.2 Å². The summed E-state index contributed by atoms with van der Waals surface area (Å²) in [5.74, 6) is 0.582. The summed E-state index contributed by atoms with van der Waals surface area (Å²) in [5, 5.41) is 5.60. The number of rotatable bonds is 7. The van der Waals surface area contributed by atoms with Crippen molar-refractivity contribution >= 4 is 11.3 Å². The number of H-pyrrole nitrogens is 1. The van der Waals surface area contributed by atoms with E-state index >= 15 is 0 Å². The van der Waals surface area contributed by atoms with Crippen LogP contribution < -0.4 is 0 Å². The van der Waals surface area contributed by atoms with Crippen molar-refractivity contribution < 1.29 is 13.2 Å². The zero-order valence-electron chi connectivity index (χ0n) is 14.2. The molecule has 0 amide bonds. The van der Waals surface area contributed by atoms with E-state index in [4.69, 9.17) is 0 Å². The lowest BCUT2D eigenvalue weighted by Crippen LogP contribution is -2.04. The number of unbranched alkanes of at least 4 members (excludes halogenated alkanes) is 3. The zero-order valence-corrected chi connectivity index (χ0v) is 15.0. The molecule has 0 radical (unpaired) electrons. The fourth-order valence-electron chi connectivity index (χ4n) is 2.48. The Morgan fingerprint density at radius 3 is 2.62 bits per heavy atom. The van der Waals surface area contributed by atoms with E-state index in [9.17, 15) is 13.2 Å². The molecule has 0 atom stereocenters. The minimum atomic E-state index is -4.51. The van der Waals surface area contributed by atoms with Crippen molar-refractivity contribution in [3.63, 3.8) is 0 Å². The fraction of sp³-hybridized carbons (Fsp3) is 0.412. The number of hydrogen-bond donors (Lipinski definition) is 1. The minimum Gasteiger partial charge on any atom is -0.274 e. The Morgan fingerprint density at radius 2 is 1.88 bits per heavy atom. The molecule has 0 saturated heterocycles. The molecule has 3 aromatic heterocycles. The van der Waals surface area contributed by atoms with Crippen LogP contribution in [-0.4, -0.2) is 25.1 Å². The summed E-state index contributed by atoms with van der Waals surface area (Å²) in [6.07, 6.45) is 2.59. The summed E-state index contributed by atoms with van der Waals surface area (Å²) in [4.78, 5) is 14.5. The van der Waals surface area contributed by atoms with Crippen LogP contribution in [0.25, 0.3) is 22.2 Å². The van der Waals surface area contributed by atoms with Gasteiger partial charge in [0.15, 0.2) is 17.3 Å². The fourth-order valence-corrected chi connectivity index (χ4v) is 3.48. The number of halogens is 3. The lowest BCUT2D eigenvalue weighted by molar-refractivity contribution is -0.141. The van der Waals surface area contributed by atoms with Gasteiger partial charge in [-0.15, -0.1) is 11.3 Å². The summed E-state index contributed by atoms with van der Waals surface area (Å²) in [6, 6.07) is 4.88. The second-order valence-electron chi connectivity index (χ2n) is 5.87. The molecule has 0 fully saturated rings. The third kappa shape index (κ3) is 4.46. The van der Waals surface area contributed by atoms with Gasteiger partial charge in [-0.2, -0.15) is 18.3 Å². The molecule has 3 heterocycles. The number of nitrogens with zero attached hydrogens (tertiary/aromatic N) is 4. The van der Waals surface area contributed by atoms with Crippen molar-refractivity contribution in [2.45, 2.75) is 45.2 Å². The Bertz CT molecular complexity index is 856. The first-order chi connectivity index (χ1) is 12.5. The minimum absolute atomic E-state index is 0.109. The van der Waals surface area contributed by atoms with Crippen molar-refractivity contribution in [1.29, 1.82) is 0 Å². The van der Waals surface area contributed by atoms with E-state index in [1.54, 1.807) is 11.3 Å². The molecule has 138 valence electrons. The standard InChI is InChI=1S/C17H18F3N5S/c1-2-3-4-5-6-11-7-8-13(26-11)16-22-10-21-15(23-16)12-9-14(25-24-12)17(18,19)20/h7-10H,2-6H2,1H3,(H,24,25). The van der Waals surface area contributed by atoms with Gasteiger partial charge in [0.1, 0.15) is 12.0 Å². The molecule has 0 unspecified atom stereocenters. The molecular weight excluding hydrogens is 363 g/mol. The number of aromatic amines is 1. The van der Waals surface area contributed by atoms with Gasteiger partial charge in [0, 0.05) is 4.88 Å². The average Bonchev–Trinajstić information content (AvgIpc) is 3.28. The van der Waals surface area contributed by atoms with Gasteiger partial charge < -0.3 is 0 Å². The van der Waals surface area contributed by atoms with Gasteiger partial charge in [-0.25, -0.2) is 15.0 Å². The summed E-state index contributed by atoms with van der Waals surface area (Å²) in [6.45, 7) is 2.18. The maximum absolute atomic E-state index is 12.7. The van der Waals surface area contributed by atoms with E-state index in [0.29, 0.717) is 5.82 Å². The summed E-state index contributed by atoms with van der Waals surface area (Å²) in [7, 11) is 0. The first-order valence-electron chi connectivity index (χ1n) is 8.38. The molecule has 26 heavy (non-hydrogen) atoms. The van der Waals surface area contributed by atoms with Crippen LogP contribution in [0.4, 0.5) is 13.2 Å². The molecule has 0 aliphatic heterocycles. The van der Waals surface area contributed by atoms with Crippen LogP contribution in [0.3, 0.4) is 0 Å². The first kappa shape index (κ1) is 18.5. The summed E-state index contributed by atoms with van der Waals surface area (Å²) < 4.78 is 38.0. The largest absolute Gasteiger partial charge is 0.435 e. The highest BCUT2D eigenvalue weighted by Crippen LogP contribution is 2.30. The quantitative estimate of drug-likeness (QED) is 0.576. The topological polar surface area (TPSA) is 67.3 Å². The maximum atomic E-state index is 12.7. The van der Waals surface area contributed by atoms with Gasteiger partial charge in [0.2, 0.25) is 0 Å². The Balaban J connectivity index is 1.75. The van der Waals surface area contributed by atoms with Crippen LogP contribution in [-0.2, 0) is 12.6 Å². The number of alkyl halides is 3. The lowest BCUT2D eigenvalue weighted by Gasteiger charge is -2.00. The highest BCUT2D eigenvalue weighted by molar-refractivity contribution is 7.15. The highest BCUT2D eigenvalue weighted by Gasteiger charge is 2.34. The number of thiophene rings is 1. The van der Waals surface area contributed by atoms with E-state index in [2.05, 4.69) is 32.1 Å². The molecule has 0 aromatic carbocycles. The van der Waals surface area contributed by atoms with Crippen molar-refractivity contribution in [2.24, 2.45) is 0 Å². The van der Waals surface area contributed by atoms with E-state index in [0.717, 1.165) is 23.8 Å². The Hall–Kier alpha value is -2.29. The maximum Gasteiger partial charge on any atom is 0.435 e. The van der Waals surface area contributed by atoms with Gasteiger partial charge >= 0.3 is 6.18 Å². The van der Waals surface area contributed by atoms with E-state index in [1.165, 1.54) is 30.5 Å². The van der Waals surface area contributed by atoms with Gasteiger partial charge in [-0.3, -0.25) is 5.10 Å². The zero-order chi connectivity index (χ0) is 18.6. The molecule has 0 aliphatic rings. The van der Waals surface area contributed by atoms with E-state index < -0.39 is 11.9 Å². The smallest absolute Gasteiger partial charge is 0.274 e. The number of hydrogen-bond acceptors (Lipinski definition) is 5. The van der Waals surface area contributed by atoms with Crippen molar-refractivity contribution in [1.82, 2.24) is 25.1 Å². The van der Waals surface area contributed by atoms with Crippen LogP contribution in [0, 0.1) is 0 Å². The Morgan fingerprint density at radius 1 is 1.08 bits per heavy atom. The van der Waals surface area contributed by atoms with E-state index in [-0.39, 0.29) is 11.5 Å². The van der Waals surface area contributed by atoms with Gasteiger partial charge in [0.25, 0.3) is 0 Å². The molecular formula is C17H18F3N5S. The molecule has 3 aromatic rings. The predicted molar refractivity (Wildman–Crippen MR) is 93.6 cm³/mol. The molecule has 9 heteroatoms. The number of nitrogens with one attached hydrogen (secondary N) is 1. The first-order valence-corrected chi connectivity index (χ1v) is 9.20. The van der Waals surface area contributed by atoms with Crippen molar-refractivity contribution in [2.75, 3.05) is 0 Å². The van der Waals surface area contributed by atoms with Gasteiger partial charge in [-0.05, 0) is 31.0 Å². The number of aryl methyl sites for hydroxylation is 1. The lowest BCUT2D eigenvalue weighted by atomic mass is 10.1. The summed E-state index contributed by atoms with van der Waals surface area (Å²) >= 11 is 1.60. The second kappa shape index (κ2) is 7.94. The molecule has 0 aliphatic carbocycles. The van der Waals surface area contributed by atoms with Crippen LogP contribution in [0.2, 0.25) is 0 Å². The number of aromatic nitrogens is 5. The van der Waals surface area contributed by atoms with Crippen molar-refractivity contribution in [3.8, 4) is 22.2 Å². The van der Waals surface area contributed by atoms with E-state index in [1.807, 2.05) is 12.1 Å². The highest BCUT2D eigenvalue weighted by atomic mass is 32.1. The third-order valence-electron chi connectivity index (χ3n) is 3.84. The Labute approximate surface area is 152 Å². The van der Waals surface area contributed by atoms with Crippen molar-refractivity contribution in [3.05, 3.63) is 35.1 Å².